The van der Waals surface area contributed by atoms with Crippen molar-refractivity contribution in [3.05, 3.63) is 82.8 Å². The Morgan fingerprint density at radius 3 is 2.41 bits per heavy atom. The monoisotopic (exact) mass is 433 g/mol. The van der Waals surface area contributed by atoms with Crippen LogP contribution in [0.5, 0.6) is 5.75 Å². The Labute approximate surface area is 185 Å². The maximum Gasteiger partial charge on any atom is 0.379 e. The van der Waals surface area contributed by atoms with Crippen LogP contribution >= 0.6 is 0 Å². The van der Waals surface area contributed by atoms with E-state index >= 15 is 0 Å². The second-order valence-corrected chi connectivity index (χ2v) is 6.94. The number of aromatic nitrogens is 1. The van der Waals surface area contributed by atoms with E-state index in [-0.39, 0.29) is 17.7 Å². The third-order valence-corrected chi connectivity index (χ3v) is 4.85. The van der Waals surface area contributed by atoms with Crippen LogP contribution in [0.4, 0.5) is 0 Å². The summed E-state index contributed by atoms with van der Waals surface area (Å²) < 4.78 is 9.79. The van der Waals surface area contributed by atoms with Crippen molar-refractivity contribution in [2.24, 2.45) is 0 Å². The summed E-state index contributed by atoms with van der Waals surface area (Å²) in [5, 5.41) is 11.5. The number of para-hydroxylation sites is 1. The molecule has 0 saturated heterocycles. The smallest absolute Gasteiger partial charge is 0.379 e. The van der Waals surface area contributed by atoms with Gasteiger partial charge in [-0.2, -0.15) is 0 Å². The normalized spacial score (nSPS) is 12.0. The second kappa shape index (κ2) is 9.78. The summed E-state index contributed by atoms with van der Waals surface area (Å²) in [6, 6.07) is 13.9. The van der Waals surface area contributed by atoms with Crippen molar-refractivity contribution in [2.75, 3.05) is 13.7 Å². The van der Waals surface area contributed by atoms with Crippen molar-refractivity contribution >= 4 is 34.5 Å². The maximum atomic E-state index is 13.3. The fourth-order valence-corrected chi connectivity index (χ4v) is 3.25. The molecule has 0 spiro atoms. The molecule has 7 nitrogen and oxygen atoms in total. The number of hydrogen-bond donors (Lipinski definition) is 2. The number of fused-ring (bicyclic) bond motifs is 1. The number of nitrogens with one attached hydrogen (secondary N) is 1. The minimum Gasteiger partial charge on any atom is -0.507 e. The van der Waals surface area contributed by atoms with E-state index in [9.17, 15) is 19.5 Å². The first-order valence-corrected chi connectivity index (χ1v) is 9.95. The molecule has 0 atom stereocenters. The molecule has 7 heteroatoms. The number of H-pyrrole nitrogens is 1. The van der Waals surface area contributed by atoms with Gasteiger partial charge in [-0.3, -0.25) is 9.59 Å². The number of carbonyl (C=O) groups is 3. The van der Waals surface area contributed by atoms with Crippen LogP contribution in [-0.2, 0) is 14.3 Å². The van der Waals surface area contributed by atoms with Crippen LogP contribution in [0.15, 0.2) is 65.9 Å². The standard InChI is InChI=1S/C25H23NO6/c1-4-32-25(30)23(28)14-22(27)20(24(29)16-9-11-17(31-3)12-10-16)13-19-15(2)26-21-8-6-5-7-18(19)21/h5-14,26-27H,4H2,1-3H3/b20-13-,22-14-. The van der Waals surface area contributed by atoms with Gasteiger partial charge in [0.2, 0.25) is 0 Å². The average Bonchev–Trinajstić information content (AvgIpc) is 3.11. The summed E-state index contributed by atoms with van der Waals surface area (Å²) in [5.41, 5.74) is 2.45. The van der Waals surface area contributed by atoms with Gasteiger partial charge in [0.05, 0.1) is 19.3 Å². The summed E-state index contributed by atoms with van der Waals surface area (Å²) >= 11 is 0. The van der Waals surface area contributed by atoms with Crippen molar-refractivity contribution in [3.8, 4) is 5.75 Å². The molecule has 3 aromatic rings. The van der Waals surface area contributed by atoms with Crippen molar-refractivity contribution < 1.29 is 29.0 Å². The fraction of sp³-hybridized carbons (Fsp3) is 0.160. The zero-order valence-electron chi connectivity index (χ0n) is 18.0. The van der Waals surface area contributed by atoms with Crippen LogP contribution in [-0.4, -0.2) is 41.3 Å². The maximum absolute atomic E-state index is 13.3. The van der Waals surface area contributed by atoms with Crippen molar-refractivity contribution in [1.29, 1.82) is 0 Å². The van der Waals surface area contributed by atoms with E-state index < -0.39 is 23.3 Å². The number of carbonyl (C=O) groups excluding carboxylic acids is 3. The highest BCUT2D eigenvalue weighted by molar-refractivity contribution is 6.38. The number of allylic oxidation sites excluding steroid dienone is 1. The Kier molecular flexibility index (Phi) is 6.90. The third-order valence-electron chi connectivity index (χ3n) is 4.85. The van der Waals surface area contributed by atoms with E-state index in [0.29, 0.717) is 17.4 Å². The van der Waals surface area contributed by atoms with E-state index in [1.807, 2.05) is 31.2 Å². The predicted octanol–water partition coefficient (Wildman–Crippen LogP) is 4.33. The predicted molar refractivity (Wildman–Crippen MR) is 121 cm³/mol. The first kappa shape index (κ1) is 22.6. The minimum atomic E-state index is -1.11. The van der Waals surface area contributed by atoms with Gasteiger partial charge < -0.3 is 19.6 Å². The fourth-order valence-electron chi connectivity index (χ4n) is 3.25. The first-order valence-electron chi connectivity index (χ1n) is 9.95. The molecule has 0 unspecified atom stereocenters. The Morgan fingerprint density at radius 2 is 1.75 bits per heavy atom. The highest BCUT2D eigenvalue weighted by atomic mass is 16.5. The number of benzene rings is 2. The zero-order valence-corrected chi connectivity index (χ0v) is 18.0. The number of rotatable bonds is 8. The molecule has 2 aromatic carbocycles. The number of aromatic amines is 1. The van der Waals surface area contributed by atoms with Crippen LogP contribution in [0, 0.1) is 6.92 Å². The van der Waals surface area contributed by atoms with Gasteiger partial charge in [0.25, 0.3) is 5.78 Å². The molecular formula is C25H23NO6. The molecule has 0 radical (unpaired) electrons. The lowest BCUT2D eigenvalue weighted by Crippen LogP contribution is -2.16. The Morgan fingerprint density at radius 1 is 1.06 bits per heavy atom. The van der Waals surface area contributed by atoms with Gasteiger partial charge in [-0.1, -0.05) is 18.2 Å². The number of Topliss-reactive ketones (excluding diaryl/α,β-unsaturated/α-hetero) is 1. The Hall–Kier alpha value is -4.13. The van der Waals surface area contributed by atoms with E-state index in [2.05, 4.69) is 9.72 Å². The summed E-state index contributed by atoms with van der Waals surface area (Å²) in [5.74, 6) is -2.76. The number of ketones is 2. The van der Waals surface area contributed by atoms with Crippen LogP contribution in [0.1, 0.15) is 28.5 Å². The van der Waals surface area contributed by atoms with Gasteiger partial charge in [0.15, 0.2) is 5.78 Å². The molecule has 0 amide bonds. The van der Waals surface area contributed by atoms with Crippen molar-refractivity contribution in [1.82, 2.24) is 4.98 Å². The molecule has 0 bridgehead atoms. The molecule has 32 heavy (non-hydrogen) atoms. The van der Waals surface area contributed by atoms with Crippen LogP contribution in [0.3, 0.4) is 0 Å². The van der Waals surface area contributed by atoms with Gasteiger partial charge in [0.1, 0.15) is 11.5 Å². The Balaban J connectivity index is 2.12. The lowest BCUT2D eigenvalue weighted by molar-refractivity contribution is -0.151. The number of esters is 1. The van der Waals surface area contributed by atoms with Crippen LogP contribution in [0.2, 0.25) is 0 Å². The zero-order chi connectivity index (χ0) is 23.3. The topological polar surface area (TPSA) is 106 Å². The van der Waals surface area contributed by atoms with Crippen molar-refractivity contribution in [2.45, 2.75) is 13.8 Å². The number of ether oxygens (including phenoxy) is 2. The average molecular weight is 433 g/mol. The summed E-state index contributed by atoms with van der Waals surface area (Å²) in [6.45, 7) is 3.42. The van der Waals surface area contributed by atoms with E-state index in [4.69, 9.17) is 4.74 Å². The molecule has 0 aliphatic heterocycles. The molecule has 0 saturated carbocycles. The summed E-state index contributed by atoms with van der Waals surface area (Å²) in [4.78, 5) is 40.3. The number of aryl methyl sites for hydroxylation is 1. The number of aliphatic hydroxyl groups is 1. The molecule has 0 aliphatic carbocycles. The Bertz CT molecular complexity index is 1230. The highest BCUT2D eigenvalue weighted by Crippen LogP contribution is 2.27. The van der Waals surface area contributed by atoms with Crippen LogP contribution in [0.25, 0.3) is 17.0 Å². The lowest BCUT2D eigenvalue weighted by Gasteiger charge is -2.08. The molecule has 3 rings (SSSR count). The SMILES string of the molecule is CCOC(=O)C(=O)/C=C(O)/C(=C/c1c(C)[nH]c2ccccc12)C(=O)c1ccc(OC)cc1. The quantitative estimate of drug-likeness (QED) is 0.137. The molecule has 2 N–H and O–H groups in total. The van der Waals surface area contributed by atoms with Gasteiger partial charge >= 0.3 is 5.97 Å². The molecule has 0 aliphatic rings. The van der Waals surface area contributed by atoms with Gasteiger partial charge in [-0.15, -0.1) is 0 Å². The molecule has 1 heterocycles. The second-order valence-electron chi connectivity index (χ2n) is 6.94. The van der Waals surface area contributed by atoms with E-state index in [1.165, 1.54) is 13.2 Å². The minimum absolute atomic E-state index is 0.0151. The molecular weight excluding hydrogens is 410 g/mol. The van der Waals surface area contributed by atoms with Crippen LogP contribution < -0.4 is 4.74 Å². The number of aliphatic hydroxyl groups excluding tert-OH is 1. The highest BCUT2D eigenvalue weighted by Gasteiger charge is 2.21. The van der Waals surface area contributed by atoms with E-state index in [1.54, 1.807) is 31.2 Å². The van der Waals surface area contributed by atoms with E-state index in [0.717, 1.165) is 16.6 Å². The summed E-state index contributed by atoms with van der Waals surface area (Å²) in [7, 11) is 1.51. The van der Waals surface area contributed by atoms with Crippen molar-refractivity contribution in [3.63, 3.8) is 0 Å². The van der Waals surface area contributed by atoms with Gasteiger partial charge in [-0.25, -0.2) is 4.79 Å². The number of methoxy groups -OCH3 is 1. The lowest BCUT2D eigenvalue weighted by atomic mass is 9.97. The molecule has 0 fully saturated rings. The van der Waals surface area contributed by atoms with Gasteiger partial charge in [0, 0.05) is 33.8 Å². The largest absolute Gasteiger partial charge is 0.507 e. The summed E-state index contributed by atoms with van der Waals surface area (Å²) in [6.07, 6.45) is 2.21. The third kappa shape index (κ3) is 4.78. The van der Waals surface area contributed by atoms with Gasteiger partial charge in [-0.05, 0) is 50.3 Å². The molecule has 164 valence electrons. The first-order chi connectivity index (χ1) is 15.3. The molecule has 1 aromatic heterocycles. The number of hydrogen-bond acceptors (Lipinski definition) is 6.